The van der Waals surface area contributed by atoms with E-state index in [4.69, 9.17) is 23.7 Å². The predicted molar refractivity (Wildman–Crippen MR) is 128 cm³/mol. The molecule has 0 bridgehead atoms. The van der Waals surface area contributed by atoms with E-state index >= 15 is 0 Å². The van der Waals surface area contributed by atoms with Crippen molar-refractivity contribution in [3.63, 3.8) is 0 Å². The zero-order valence-electron chi connectivity index (χ0n) is 20.8. The van der Waals surface area contributed by atoms with E-state index in [9.17, 15) is 20.0 Å². The van der Waals surface area contributed by atoms with Crippen LogP contribution in [0.3, 0.4) is 0 Å². The zero-order valence-corrected chi connectivity index (χ0v) is 20.8. The van der Waals surface area contributed by atoms with Gasteiger partial charge in [0.05, 0.1) is 24.7 Å². The number of aliphatic hydroxyl groups excluding tert-OH is 1. The third kappa shape index (κ3) is 4.12. The Morgan fingerprint density at radius 3 is 2.58 bits per heavy atom. The van der Waals surface area contributed by atoms with Gasteiger partial charge in [0.25, 0.3) is 5.69 Å². The molecule has 11 heteroatoms. The monoisotopic (exact) mass is 502 g/mol. The van der Waals surface area contributed by atoms with Crippen LogP contribution in [0.4, 0.5) is 11.4 Å². The molecule has 0 spiro atoms. The number of hydrogen-bond acceptors (Lipinski definition) is 10. The number of esters is 1. The van der Waals surface area contributed by atoms with Crippen molar-refractivity contribution in [1.82, 2.24) is 0 Å². The molecule has 0 unspecified atom stereocenters. The van der Waals surface area contributed by atoms with Crippen LogP contribution in [0.2, 0.25) is 0 Å². The van der Waals surface area contributed by atoms with Gasteiger partial charge in [-0.1, -0.05) is 0 Å². The van der Waals surface area contributed by atoms with Crippen molar-refractivity contribution in [2.75, 3.05) is 32.8 Å². The second kappa shape index (κ2) is 9.92. The van der Waals surface area contributed by atoms with E-state index < -0.39 is 41.0 Å². The quantitative estimate of drug-likeness (QED) is 0.249. The lowest BCUT2D eigenvalue weighted by Crippen LogP contribution is -2.63. The molecule has 1 N–H and O–H groups in total. The molecule has 36 heavy (non-hydrogen) atoms. The van der Waals surface area contributed by atoms with Crippen LogP contribution in [-0.4, -0.2) is 68.0 Å². The lowest BCUT2D eigenvalue weighted by Gasteiger charge is -2.50. The topological polar surface area (TPSA) is 130 Å². The molecule has 4 rings (SSSR count). The molecule has 2 aliphatic rings. The first kappa shape index (κ1) is 25.7. The van der Waals surface area contributed by atoms with Crippen molar-refractivity contribution in [2.45, 2.75) is 50.3 Å². The summed E-state index contributed by atoms with van der Waals surface area (Å²) < 4.78 is 27.9. The van der Waals surface area contributed by atoms with E-state index in [1.165, 1.54) is 32.4 Å². The van der Waals surface area contributed by atoms with Gasteiger partial charge in [-0.05, 0) is 43.7 Å². The van der Waals surface area contributed by atoms with Crippen LogP contribution in [0.5, 0.6) is 11.5 Å². The summed E-state index contributed by atoms with van der Waals surface area (Å²) in [6.07, 6.45) is -2.02. The number of nitro groups is 1. The Morgan fingerprint density at radius 2 is 1.97 bits per heavy atom. The molecule has 0 amide bonds. The average molecular weight is 503 g/mol. The van der Waals surface area contributed by atoms with Gasteiger partial charge < -0.3 is 33.7 Å². The van der Waals surface area contributed by atoms with Gasteiger partial charge in [0.2, 0.25) is 0 Å². The van der Waals surface area contributed by atoms with Crippen LogP contribution in [0, 0.1) is 10.1 Å². The summed E-state index contributed by atoms with van der Waals surface area (Å²) in [6, 6.07) is 7.82. The molecule has 0 aromatic heterocycles. The summed E-state index contributed by atoms with van der Waals surface area (Å²) in [6.45, 7) is 3.53. The average Bonchev–Trinajstić information content (AvgIpc) is 3.23. The molecular weight excluding hydrogens is 472 g/mol. The Kier molecular flexibility index (Phi) is 7.07. The minimum Gasteiger partial charge on any atom is -0.497 e. The molecule has 2 aliphatic heterocycles. The van der Waals surface area contributed by atoms with Gasteiger partial charge in [0.1, 0.15) is 23.6 Å². The Labute approximate surface area is 208 Å². The van der Waals surface area contributed by atoms with E-state index in [1.54, 1.807) is 38.0 Å². The number of ether oxygens (including phenoxy) is 5. The Balaban J connectivity index is 1.94. The first-order valence-electron chi connectivity index (χ1n) is 11.5. The first-order valence-corrected chi connectivity index (χ1v) is 11.5. The number of carbonyl (C=O) groups is 1. The van der Waals surface area contributed by atoms with Crippen molar-refractivity contribution in [2.24, 2.45) is 0 Å². The number of nitrogens with zero attached hydrogens (tertiary/aromatic N) is 2. The Hall–Kier alpha value is -3.41. The Morgan fingerprint density at radius 1 is 1.25 bits per heavy atom. The van der Waals surface area contributed by atoms with Crippen LogP contribution in [0.15, 0.2) is 36.4 Å². The summed E-state index contributed by atoms with van der Waals surface area (Å²) in [7, 11) is 4.40. The number of fused-ring (bicyclic) bond motifs is 2. The fourth-order valence-corrected chi connectivity index (χ4v) is 5.17. The second-order valence-corrected chi connectivity index (χ2v) is 8.83. The van der Waals surface area contributed by atoms with Crippen LogP contribution in [-0.2, 0) is 25.4 Å². The lowest BCUT2D eigenvalue weighted by molar-refractivity contribution is -0.385. The molecule has 2 aromatic rings. The molecule has 194 valence electrons. The normalized spacial score (nSPS) is 24.6. The Bertz CT molecular complexity index is 1150. The number of methoxy groups -OCH3 is 3. The fraction of sp³-hybridized carbons (Fsp3) is 0.480. The summed E-state index contributed by atoms with van der Waals surface area (Å²) in [5.41, 5.74) is 0.250. The number of anilines is 1. The molecule has 0 aliphatic carbocycles. The van der Waals surface area contributed by atoms with E-state index in [0.29, 0.717) is 29.2 Å². The highest BCUT2D eigenvalue weighted by molar-refractivity contribution is 5.85. The molecule has 0 saturated carbocycles. The van der Waals surface area contributed by atoms with Gasteiger partial charge in [-0.15, -0.1) is 0 Å². The van der Waals surface area contributed by atoms with Crippen molar-refractivity contribution < 1.29 is 38.5 Å². The van der Waals surface area contributed by atoms with Gasteiger partial charge in [-0.2, -0.15) is 0 Å². The van der Waals surface area contributed by atoms with Gasteiger partial charge in [-0.25, -0.2) is 4.79 Å². The highest BCUT2D eigenvalue weighted by Crippen LogP contribution is 2.50. The third-order valence-electron chi connectivity index (χ3n) is 6.81. The highest BCUT2D eigenvalue weighted by Gasteiger charge is 2.56. The summed E-state index contributed by atoms with van der Waals surface area (Å²) in [5, 5.41) is 23.5. The fourth-order valence-electron chi connectivity index (χ4n) is 5.17. The van der Waals surface area contributed by atoms with Gasteiger partial charge in [0, 0.05) is 44.0 Å². The SMILES string of the molecule is CCOC(=O)[C@@H]1Cc2cc(OC)ccc2N1[C@@H]1c2cc([N+](=O)[O-])ccc2O[C@@](C)(C(OC)OC)[C@H]1O. The van der Waals surface area contributed by atoms with Crippen molar-refractivity contribution in [3.05, 3.63) is 57.6 Å². The highest BCUT2D eigenvalue weighted by atomic mass is 16.7. The maximum atomic E-state index is 13.2. The van der Waals surface area contributed by atoms with E-state index in [0.717, 1.165) is 5.56 Å². The molecule has 0 saturated heterocycles. The minimum atomic E-state index is -1.42. The van der Waals surface area contributed by atoms with Gasteiger partial charge in [-0.3, -0.25) is 10.1 Å². The van der Waals surface area contributed by atoms with Crippen molar-refractivity contribution >= 4 is 17.3 Å². The molecule has 2 aromatic carbocycles. The number of hydrogen-bond donors (Lipinski definition) is 1. The predicted octanol–water partition coefficient (Wildman–Crippen LogP) is 2.77. The molecule has 0 fully saturated rings. The van der Waals surface area contributed by atoms with Crippen molar-refractivity contribution in [1.29, 1.82) is 0 Å². The number of nitro benzene ring substituents is 1. The van der Waals surface area contributed by atoms with Gasteiger partial charge >= 0.3 is 5.97 Å². The van der Waals surface area contributed by atoms with E-state index in [2.05, 4.69) is 0 Å². The van der Waals surface area contributed by atoms with Crippen LogP contribution < -0.4 is 14.4 Å². The number of benzene rings is 2. The number of non-ortho nitro benzene ring substituents is 1. The minimum absolute atomic E-state index is 0.171. The number of aliphatic hydroxyl groups is 1. The molecule has 0 radical (unpaired) electrons. The molecular formula is C25H30N2O9. The second-order valence-electron chi connectivity index (χ2n) is 8.83. The first-order chi connectivity index (χ1) is 17.2. The van der Waals surface area contributed by atoms with Crippen molar-refractivity contribution in [3.8, 4) is 11.5 Å². The molecule has 11 nitrogen and oxygen atoms in total. The molecule has 4 atom stereocenters. The number of carbonyl (C=O) groups excluding carboxylic acids is 1. The molecule has 2 heterocycles. The maximum absolute atomic E-state index is 13.2. The lowest BCUT2D eigenvalue weighted by atomic mass is 9.83. The van der Waals surface area contributed by atoms with E-state index in [1.807, 2.05) is 6.07 Å². The zero-order chi connectivity index (χ0) is 26.2. The van der Waals surface area contributed by atoms with Crippen LogP contribution in [0.1, 0.15) is 31.0 Å². The maximum Gasteiger partial charge on any atom is 0.329 e. The summed E-state index contributed by atoms with van der Waals surface area (Å²) >= 11 is 0. The van der Waals surface area contributed by atoms with Crippen LogP contribution >= 0.6 is 0 Å². The number of rotatable bonds is 8. The smallest absolute Gasteiger partial charge is 0.329 e. The van der Waals surface area contributed by atoms with E-state index in [-0.39, 0.29) is 12.3 Å². The van der Waals surface area contributed by atoms with Gasteiger partial charge in [0.15, 0.2) is 11.9 Å². The third-order valence-corrected chi connectivity index (χ3v) is 6.81. The standard InChI is InChI=1S/C25H30N2O9/c1-6-35-23(29)19-12-14-11-16(32-3)8-9-18(14)26(19)21-17-13-15(27(30)31)7-10-20(17)36-25(2,22(21)28)24(33-4)34-5/h7-11,13,19,21-22,24,28H,6,12H2,1-5H3/t19-,21+,22-,25+/m0/s1. The summed E-state index contributed by atoms with van der Waals surface area (Å²) in [4.78, 5) is 26.0. The largest absolute Gasteiger partial charge is 0.497 e. The van der Waals surface area contributed by atoms with Crippen LogP contribution in [0.25, 0.3) is 0 Å². The summed E-state index contributed by atoms with van der Waals surface area (Å²) in [5.74, 6) is 0.447.